The van der Waals surface area contributed by atoms with Crippen LogP contribution in [0.1, 0.15) is 47.4 Å². The van der Waals surface area contributed by atoms with E-state index in [4.69, 9.17) is 4.74 Å². The monoisotopic (exact) mass is 554 g/mol. The largest absolute Gasteiger partial charge is 0.491 e. The predicted molar refractivity (Wildman–Crippen MR) is 125 cm³/mol. The minimum absolute atomic E-state index is 0.107. The smallest absolute Gasteiger partial charge is 0.485 e. The summed E-state index contributed by atoms with van der Waals surface area (Å²) in [5.41, 5.74) is -0.782. The normalized spacial score (nSPS) is 14.7. The van der Waals surface area contributed by atoms with Gasteiger partial charge in [-0.3, -0.25) is 9.20 Å². The average Bonchev–Trinajstić information content (AvgIpc) is 3.45. The van der Waals surface area contributed by atoms with Crippen molar-refractivity contribution in [1.82, 2.24) is 20.0 Å². The molecule has 1 fully saturated rings. The third kappa shape index (κ3) is 6.10. The minimum Gasteiger partial charge on any atom is -0.485 e. The number of ether oxygens (including phenoxy) is 2. The van der Waals surface area contributed by atoms with E-state index in [1.54, 1.807) is 13.0 Å². The summed E-state index contributed by atoms with van der Waals surface area (Å²) in [6.07, 6.45) is -3.44. The Labute approximate surface area is 218 Å². The van der Waals surface area contributed by atoms with Crippen LogP contribution in [0.5, 0.6) is 5.75 Å². The average molecular weight is 554 g/mol. The lowest BCUT2D eigenvalue weighted by atomic mass is 9.97. The lowest BCUT2D eigenvalue weighted by Crippen LogP contribution is -2.54. The van der Waals surface area contributed by atoms with Crippen molar-refractivity contribution in [2.24, 2.45) is 0 Å². The lowest BCUT2D eigenvalue weighted by Gasteiger charge is -2.30. The number of pyridine rings is 1. The van der Waals surface area contributed by atoms with Gasteiger partial charge in [0.05, 0.1) is 16.8 Å². The van der Waals surface area contributed by atoms with Gasteiger partial charge in [-0.05, 0) is 44.0 Å². The zero-order valence-electron chi connectivity index (χ0n) is 20.5. The van der Waals surface area contributed by atoms with Crippen molar-refractivity contribution < 1.29 is 45.8 Å². The lowest BCUT2D eigenvalue weighted by molar-refractivity contribution is -0.193. The van der Waals surface area contributed by atoms with Crippen LogP contribution < -0.4 is 15.4 Å². The number of alkyl halides is 3. The topological polar surface area (TPSA) is 111 Å². The second-order valence-electron chi connectivity index (χ2n) is 9.07. The number of aryl methyl sites for hydroxylation is 1. The molecule has 2 heterocycles. The molecule has 0 radical (unpaired) electrons. The highest BCUT2D eigenvalue weighted by Crippen LogP contribution is 2.30. The van der Waals surface area contributed by atoms with Gasteiger partial charge in [0.25, 0.3) is 5.91 Å². The number of carbonyl (C=O) groups is 3. The van der Waals surface area contributed by atoms with E-state index in [0.717, 1.165) is 12.1 Å². The Balaban J connectivity index is 1.48. The van der Waals surface area contributed by atoms with Crippen LogP contribution in [0.15, 0.2) is 36.5 Å². The quantitative estimate of drug-likeness (QED) is 0.255. The maximum absolute atomic E-state index is 14.0. The molecule has 1 aliphatic rings. The molecular weight excluding hydrogens is 531 g/mol. The van der Waals surface area contributed by atoms with Gasteiger partial charge < -0.3 is 20.1 Å². The summed E-state index contributed by atoms with van der Waals surface area (Å²) in [5, 5.41) is 4.96. The first-order chi connectivity index (χ1) is 18.4. The van der Waals surface area contributed by atoms with Crippen molar-refractivity contribution in [3.8, 4) is 5.75 Å². The number of fused-ring (bicyclic) bond motifs is 1. The molecule has 4 rings (SSSR count). The highest BCUT2D eigenvalue weighted by molar-refractivity contribution is 5.95. The molecule has 1 aromatic carbocycles. The predicted octanol–water partition coefficient (Wildman–Crippen LogP) is 4.36. The Morgan fingerprint density at radius 3 is 2.38 bits per heavy atom. The van der Waals surface area contributed by atoms with Gasteiger partial charge >= 0.3 is 18.2 Å². The van der Waals surface area contributed by atoms with Crippen LogP contribution in [-0.4, -0.2) is 45.6 Å². The van der Waals surface area contributed by atoms with Crippen molar-refractivity contribution in [2.75, 3.05) is 6.54 Å². The van der Waals surface area contributed by atoms with Crippen LogP contribution in [-0.2, 0) is 16.1 Å². The fraction of sp³-hybridized carbons (Fsp3) is 0.360. The molecule has 0 unspecified atom stereocenters. The van der Waals surface area contributed by atoms with E-state index in [-0.39, 0.29) is 29.2 Å². The Morgan fingerprint density at radius 1 is 1.08 bits per heavy atom. The van der Waals surface area contributed by atoms with Crippen molar-refractivity contribution in [1.29, 1.82) is 0 Å². The number of amides is 2. The first kappa shape index (κ1) is 27.8. The number of benzene rings is 1. The van der Waals surface area contributed by atoms with Gasteiger partial charge in [0.2, 0.25) is 0 Å². The zero-order chi connectivity index (χ0) is 28.4. The maximum Gasteiger partial charge on any atom is 0.491 e. The van der Waals surface area contributed by atoms with E-state index in [1.165, 1.54) is 22.7 Å². The number of nitrogens with one attached hydrogen (secondary N) is 2. The van der Waals surface area contributed by atoms with Crippen molar-refractivity contribution in [3.63, 3.8) is 0 Å². The number of carbonyl (C=O) groups excluding carboxylic acids is 3. The molecule has 208 valence electrons. The number of alkyl carbamates (subject to hydrolysis) is 1. The van der Waals surface area contributed by atoms with Crippen LogP contribution >= 0.6 is 0 Å². The number of aromatic nitrogens is 2. The van der Waals surface area contributed by atoms with Gasteiger partial charge in [-0.1, -0.05) is 18.9 Å². The third-order valence-electron chi connectivity index (χ3n) is 6.37. The van der Waals surface area contributed by atoms with Gasteiger partial charge in [0, 0.05) is 12.7 Å². The Hall–Kier alpha value is -4.23. The Bertz CT molecular complexity index is 1400. The first-order valence-electron chi connectivity index (χ1n) is 11.8. The van der Waals surface area contributed by atoms with Crippen LogP contribution in [0.2, 0.25) is 0 Å². The molecule has 0 saturated heterocycles. The molecule has 0 aliphatic heterocycles. The number of halogens is 5. The molecule has 14 heteroatoms. The SMILES string of the molecule is Cc1nc2c(OCc3c(F)cccc3F)cccn2c1C(=O)NCC1(NC(=O)OC(=O)C(F)(F)F)CCCC1. The molecule has 39 heavy (non-hydrogen) atoms. The van der Waals surface area contributed by atoms with E-state index >= 15 is 0 Å². The number of hydrogen-bond donors (Lipinski definition) is 2. The summed E-state index contributed by atoms with van der Waals surface area (Å²) in [7, 11) is 0. The molecule has 2 N–H and O–H groups in total. The second kappa shape index (κ2) is 10.9. The van der Waals surface area contributed by atoms with Gasteiger partial charge in [-0.2, -0.15) is 13.2 Å². The van der Waals surface area contributed by atoms with Crippen LogP contribution in [0, 0.1) is 18.6 Å². The van der Waals surface area contributed by atoms with E-state index in [1.807, 2.05) is 0 Å². The van der Waals surface area contributed by atoms with E-state index in [9.17, 15) is 36.3 Å². The first-order valence-corrected chi connectivity index (χ1v) is 11.8. The molecule has 1 aliphatic carbocycles. The second-order valence-corrected chi connectivity index (χ2v) is 9.07. The summed E-state index contributed by atoms with van der Waals surface area (Å²) in [5.74, 6) is -4.64. The van der Waals surface area contributed by atoms with Gasteiger partial charge in [-0.25, -0.2) is 23.4 Å². The number of rotatable bonds is 7. The summed E-state index contributed by atoms with van der Waals surface area (Å²) < 4.78 is 76.1. The summed E-state index contributed by atoms with van der Waals surface area (Å²) in [6.45, 7) is 0.981. The number of hydrogen-bond acceptors (Lipinski definition) is 6. The fourth-order valence-corrected chi connectivity index (χ4v) is 4.48. The van der Waals surface area contributed by atoms with Crippen LogP contribution in [0.4, 0.5) is 26.7 Å². The van der Waals surface area contributed by atoms with E-state index in [2.05, 4.69) is 20.4 Å². The number of imidazole rings is 1. The van der Waals surface area contributed by atoms with Crippen LogP contribution in [0.25, 0.3) is 5.65 Å². The minimum atomic E-state index is -5.33. The van der Waals surface area contributed by atoms with Crippen molar-refractivity contribution >= 4 is 23.6 Å². The van der Waals surface area contributed by atoms with Gasteiger partial charge in [0.1, 0.15) is 23.9 Å². The molecule has 0 bridgehead atoms. The van der Waals surface area contributed by atoms with Crippen LogP contribution in [0.3, 0.4) is 0 Å². The molecule has 3 aromatic rings. The molecule has 1 saturated carbocycles. The van der Waals surface area contributed by atoms with Crippen molar-refractivity contribution in [3.05, 3.63) is 65.1 Å². The molecule has 0 spiro atoms. The Kier molecular flexibility index (Phi) is 7.74. The molecule has 2 aromatic heterocycles. The fourth-order valence-electron chi connectivity index (χ4n) is 4.48. The molecule has 2 amide bonds. The Morgan fingerprint density at radius 2 is 1.74 bits per heavy atom. The maximum atomic E-state index is 14.0. The zero-order valence-corrected chi connectivity index (χ0v) is 20.5. The summed E-state index contributed by atoms with van der Waals surface area (Å²) in [6, 6.07) is 6.50. The van der Waals surface area contributed by atoms with E-state index in [0.29, 0.717) is 31.4 Å². The highest BCUT2D eigenvalue weighted by Gasteiger charge is 2.44. The number of esters is 1. The molecular formula is C25H23F5N4O5. The standard InChI is InChI=1S/C25H23F5N4O5/c1-14-19(21(35)31-13-24(9-2-3-10-24)33-23(37)39-22(36)25(28,29)30)34-11-5-8-18(20(34)32-14)38-12-15-16(26)6-4-7-17(15)27/h4-8,11H,2-3,9-10,12-13H2,1H3,(H,31,35)(H,33,37). The van der Waals surface area contributed by atoms with E-state index < -0.39 is 47.9 Å². The third-order valence-corrected chi connectivity index (χ3v) is 6.37. The summed E-state index contributed by atoms with van der Waals surface area (Å²) >= 11 is 0. The molecule has 9 nitrogen and oxygen atoms in total. The van der Waals surface area contributed by atoms with Gasteiger partial charge in [0.15, 0.2) is 11.4 Å². The molecule has 0 atom stereocenters. The van der Waals surface area contributed by atoms with Gasteiger partial charge in [-0.15, -0.1) is 0 Å². The number of nitrogens with zero attached hydrogens (tertiary/aromatic N) is 2. The summed E-state index contributed by atoms with van der Waals surface area (Å²) in [4.78, 5) is 40.5. The highest BCUT2D eigenvalue weighted by atomic mass is 19.4. The van der Waals surface area contributed by atoms with Crippen molar-refractivity contribution in [2.45, 2.75) is 50.9 Å².